The minimum Gasteiger partial charge on any atom is -0.493 e. The zero-order valence-corrected chi connectivity index (χ0v) is 14.3. The monoisotopic (exact) mass is 402 g/mol. The van der Waals surface area contributed by atoms with Crippen molar-refractivity contribution < 1.29 is 9.53 Å². The van der Waals surface area contributed by atoms with Gasteiger partial charge in [-0.2, -0.15) is 0 Å². The fourth-order valence-electron chi connectivity index (χ4n) is 1.58. The van der Waals surface area contributed by atoms with Crippen molar-refractivity contribution in [2.75, 3.05) is 6.61 Å². The van der Waals surface area contributed by atoms with Gasteiger partial charge in [-0.1, -0.05) is 19.1 Å². The van der Waals surface area contributed by atoms with Crippen LogP contribution in [0.25, 0.3) is 0 Å². The number of carbonyl (C=O) groups is 1. The van der Waals surface area contributed by atoms with Crippen molar-refractivity contribution in [1.82, 2.24) is 0 Å². The molecular formula is C14H12Br2O2S. The number of rotatable bonds is 5. The summed E-state index contributed by atoms with van der Waals surface area (Å²) in [6.45, 7) is 2.65. The molecule has 2 aromatic rings. The van der Waals surface area contributed by atoms with Crippen molar-refractivity contribution in [1.29, 1.82) is 0 Å². The Hall–Kier alpha value is -0.650. The van der Waals surface area contributed by atoms with Crippen LogP contribution in [0.1, 0.15) is 28.6 Å². The second kappa shape index (κ2) is 6.68. The topological polar surface area (TPSA) is 26.3 Å². The zero-order valence-electron chi connectivity index (χ0n) is 10.3. The number of ether oxygens (including phenoxy) is 1. The van der Waals surface area contributed by atoms with Crippen molar-refractivity contribution in [3.05, 3.63) is 49.0 Å². The Kier molecular flexibility index (Phi) is 5.19. The van der Waals surface area contributed by atoms with E-state index in [1.54, 1.807) is 6.07 Å². The highest BCUT2D eigenvalue weighted by atomic mass is 79.9. The highest BCUT2D eigenvalue weighted by molar-refractivity contribution is 9.13. The molecule has 0 aliphatic rings. The molecule has 0 atom stereocenters. The third-order valence-corrected chi connectivity index (χ3v) is 5.72. The van der Waals surface area contributed by atoms with E-state index in [1.165, 1.54) is 11.3 Å². The predicted molar refractivity (Wildman–Crippen MR) is 85.4 cm³/mol. The predicted octanol–water partition coefficient (Wildman–Crippen LogP) is 5.29. The molecule has 1 aromatic heterocycles. The van der Waals surface area contributed by atoms with Gasteiger partial charge in [0.2, 0.25) is 5.78 Å². The van der Waals surface area contributed by atoms with Crippen LogP contribution in [0.3, 0.4) is 0 Å². The first-order valence-electron chi connectivity index (χ1n) is 5.84. The maximum atomic E-state index is 12.5. The lowest BCUT2D eigenvalue weighted by molar-refractivity contribution is 0.103. The third-order valence-electron chi connectivity index (χ3n) is 2.46. The van der Waals surface area contributed by atoms with Gasteiger partial charge in [-0.05, 0) is 56.5 Å². The summed E-state index contributed by atoms with van der Waals surface area (Å²) in [5.74, 6) is 0.637. The van der Waals surface area contributed by atoms with Gasteiger partial charge >= 0.3 is 0 Å². The number of hydrogen-bond acceptors (Lipinski definition) is 3. The number of hydrogen-bond donors (Lipinski definition) is 0. The van der Waals surface area contributed by atoms with E-state index >= 15 is 0 Å². The summed E-state index contributed by atoms with van der Waals surface area (Å²) in [5.41, 5.74) is 0.609. The molecule has 2 rings (SSSR count). The van der Waals surface area contributed by atoms with Crippen LogP contribution in [0.15, 0.2) is 38.6 Å². The van der Waals surface area contributed by atoms with Crippen LogP contribution in [0, 0.1) is 0 Å². The van der Waals surface area contributed by atoms with E-state index < -0.39 is 0 Å². The highest BCUT2D eigenvalue weighted by Crippen LogP contribution is 2.34. The lowest BCUT2D eigenvalue weighted by Gasteiger charge is -2.08. The average molecular weight is 404 g/mol. The normalized spacial score (nSPS) is 10.5. The van der Waals surface area contributed by atoms with Crippen molar-refractivity contribution in [2.24, 2.45) is 0 Å². The van der Waals surface area contributed by atoms with Crippen LogP contribution in [0.2, 0.25) is 0 Å². The van der Waals surface area contributed by atoms with E-state index in [2.05, 4.69) is 31.9 Å². The van der Waals surface area contributed by atoms with Gasteiger partial charge in [-0.25, -0.2) is 0 Å². The van der Waals surface area contributed by atoms with Gasteiger partial charge < -0.3 is 4.74 Å². The molecule has 0 saturated heterocycles. The minimum absolute atomic E-state index is 0.0110. The Labute approximate surface area is 133 Å². The van der Waals surface area contributed by atoms with E-state index in [9.17, 15) is 4.79 Å². The van der Waals surface area contributed by atoms with Crippen molar-refractivity contribution in [3.8, 4) is 5.75 Å². The van der Waals surface area contributed by atoms with Gasteiger partial charge in [-0.3, -0.25) is 4.79 Å². The van der Waals surface area contributed by atoms with Crippen LogP contribution >= 0.6 is 43.2 Å². The molecule has 0 aliphatic carbocycles. The van der Waals surface area contributed by atoms with Gasteiger partial charge in [0.25, 0.3) is 0 Å². The van der Waals surface area contributed by atoms with Gasteiger partial charge in [0.05, 0.1) is 20.8 Å². The Morgan fingerprint density at radius 1 is 1.32 bits per heavy atom. The third kappa shape index (κ3) is 3.46. The smallest absolute Gasteiger partial charge is 0.206 e. The summed E-state index contributed by atoms with van der Waals surface area (Å²) < 4.78 is 7.44. The van der Waals surface area contributed by atoms with Crippen LogP contribution in [0.5, 0.6) is 5.75 Å². The number of benzene rings is 1. The van der Waals surface area contributed by atoms with Crippen molar-refractivity contribution in [2.45, 2.75) is 13.3 Å². The molecular weight excluding hydrogens is 392 g/mol. The molecule has 19 heavy (non-hydrogen) atoms. The van der Waals surface area contributed by atoms with E-state index in [1.807, 2.05) is 31.2 Å². The lowest BCUT2D eigenvalue weighted by Crippen LogP contribution is -2.04. The van der Waals surface area contributed by atoms with Crippen LogP contribution in [0.4, 0.5) is 0 Å². The molecule has 0 amide bonds. The molecule has 0 saturated carbocycles. The molecule has 0 radical (unpaired) electrons. The van der Waals surface area contributed by atoms with E-state index in [-0.39, 0.29) is 5.78 Å². The molecule has 1 heterocycles. The fraction of sp³-hybridized carbons (Fsp3) is 0.214. The maximum absolute atomic E-state index is 12.5. The zero-order chi connectivity index (χ0) is 13.8. The van der Waals surface area contributed by atoms with E-state index in [0.29, 0.717) is 22.8 Å². The van der Waals surface area contributed by atoms with Crippen LogP contribution in [-0.2, 0) is 0 Å². The molecule has 5 heteroatoms. The second-order valence-electron chi connectivity index (χ2n) is 3.91. The Morgan fingerprint density at radius 3 is 2.68 bits per heavy atom. The summed E-state index contributed by atoms with van der Waals surface area (Å²) >= 11 is 8.22. The highest BCUT2D eigenvalue weighted by Gasteiger charge is 2.17. The molecule has 0 spiro atoms. The SMILES string of the molecule is CCCOc1ccccc1C(=O)c1cc(Br)c(Br)s1. The number of halogens is 2. The van der Waals surface area contributed by atoms with Crippen LogP contribution in [-0.4, -0.2) is 12.4 Å². The van der Waals surface area contributed by atoms with Gasteiger partial charge in [0.1, 0.15) is 5.75 Å². The molecule has 100 valence electrons. The maximum Gasteiger partial charge on any atom is 0.206 e. The number of thiophene rings is 1. The molecule has 0 N–H and O–H groups in total. The van der Waals surface area contributed by atoms with Crippen molar-refractivity contribution in [3.63, 3.8) is 0 Å². The molecule has 0 bridgehead atoms. The van der Waals surface area contributed by atoms with Gasteiger partial charge in [-0.15, -0.1) is 11.3 Å². The minimum atomic E-state index is -0.0110. The summed E-state index contributed by atoms with van der Waals surface area (Å²) in [5, 5.41) is 0. The van der Waals surface area contributed by atoms with Crippen molar-refractivity contribution >= 4 is 49.0 Å². The first kappa shape index (κ1) is 14.8. The van der Waals surface area contributed by atoms with E-state index in [0.717, 1.165) is 14.7 Å². The Bertz CT molecular complexity index is 573. The fourth-order valence-corrected chi connectivity index (χ4v) is 3.57. The average Bonchev–Trinajstić information content (AvgIpc) is 2.76. The molecule has 1 aromatic carbocycles. The second-order valence-corrected chi connectivity index (χ2v) is 7.13. The number of ketones is 1. The summed E-state index contributed by atoms with van der Waals surface area (Å²) in [6, 6.07) is 9.19. The van der Waals surface area contributed by atoms with E-state index in [4.69, 9.17) is 4.74 Å². The number of para-hydroxylation sites is 1. The largest absolute Gasteiger partial charge is 0.493 e. The van der Waals surface area contributed by atoms with Crippen LogP contribution < -0.4 is 4.74 Å². The molecule has 0 fully saturated rings. The number of carbonyl (C=O) groups excluding carboxylic acids is 1. The van der Waals surface area contributed by atoms with Gasteiger partial charge in [0.15, 0.2) is 0 Å². The first-order chi connectivity index (χ1) is 9.13. The first-order valence-corrected chi connectivity index (χ1v) is 8.25. The standard InChI is InChI=1S/C14H12Br2O2S/c1-2-7-18-11-6-4-3-5-9(11)13(17)12-8-10(15)14(16)19-12/h3-6,8H,2,7H2,1H3. The summed E-state index contributed by atoms with van der Waals surface area (Å²) in [7, 11) is 0. The lowest BCUT2D eigenvalue weighted by atomic mass is 10.1. The molecule has 2 nitrogen and oxygen atoms in total. The quantitative estimate of drug-likeness (QED) is 0.633. The summed E-state index contributed by atoms with van der Waals surface area (Å²) in [4.78, 5) is 13.2. The Balaban J connectivity index is 2.33. The summed E-state index contributed by atoms with van der Waals surface area (Å²) in [6.07, 6.45) is 0.915. The molecule has 0 unspecified atom stereocenters. The molecule has 0 aliphatic heterocycles. The Morgan fingerprint density at radius 2 is 2.05 bits per heavy atom. The van der Waals surface area contributed by atoms with Gasteiger partial charge in [0, 0.05) is 4.47 Å².